The van der Waals surface area contributed by atoms with Crippen molar-refractivity contribution in [2.24, 2.45) is 5.73 Å². The van der Waals surface area contributed by atoms with Gasteiger partial charge in [0.2, 0.25) is 0 Å². The maximum atomic E-state index is 5.60. The molecular weight excluding hydrogens is 248 g/mol. The lowest BCUT2D eigenvalue weighted by molar-refractivity contribution is 0.0929. The van der Waals surface area contributed by atoms with Crippen LogP contribution in [0.25, 0.3) is 0 Å². The molecule has 20 heavy (non-hydrogen) atoms. The average Bonchev–Trinajstić information content (AvgIpc) is 3.03. The molecule has 2 aliphatic rings. The maximum Gasteiger partial charge on any atom is 0.0544 e. The second-order valence-corrected chi connectivity index (χ2v) is 6.11. The lowest BCUT2D eigenvalue weighted by atomic mass is 10.1. The minimum Gasteiger partial charge on any atom is -0.326 e. The van der Waals surface area contributed by atoms with Crippen LogP contribution < -0.4 is 5.73 Å². The van der Waals surface area contributed by atoms with E-state index in [1.807, 2.05) is 6.20 Å². The predicted octanol–water partition coefficient (Wildman–Crippen LogP) is 1.60. The van der Waals surface area contributed by atoms with Crippen molar-refractivity contribution in [3.8, 4) is 0 Å². The van der Waals surface area contributed by atoms with Crippen LogP contribution >= 0.6 is 0 Å². The van der Waals surface area contributed by atoms with E-state index >= 15 is 0 Å². The molecule has 2 N–H and O–H groups in total. The van der Waals surface area contributed by atoms with Crippen LogP contribution in [-0.2, 0) is 13.1 Å². The summed E-state index contributed by atoms with van der Waals surface area (Å²) >= 11 is 0. The summed E-state index contributed by atoms with van der Waals surface area (Å²) in [6, 6.07) is 5.09. The monoisotopic (exact) mass is 274 g/mol. The second-order valence-electron chi connectivity index (χ2n) is 6.11. The van der Waals surface area contributed by atoms with E-state index in [4.69, 9.17) is 5.73 Å². The molecule has 4 heteroatoms. The molecule has 3 rings (SSSR count). The van der Waals surface area contributed by atoms with Gasteiger partial charge in [-0.15, -0.1) is 0 Å². The van der Waals surface area contributed by atoms with Gasteiger partial charge in [-0.05, 0) is 24.5 Å². The molecule has 1 aromatic heterocycles. The zero-order valence-electron chi connectivity index (χ0n) is 12.3. The smallest absolute Gasteiger partial charge is 0.0544 e. The molecule has 0 aromatic carbocycles. The van der Waals surface area contributed by atoms with Crippen LogP contribution in [-0.4, -0.2) is 47.0 Å². The van der Waals surface area contributed by atoms with E-state index in [1.165, 1.54) is 51.9 Å². The summed E-state index contributed by atoms with van der Waals surface area (Å²) in [4.78, 5) is 9.73. The van der Waals surface area contributed by atoms with Gasteiger partial charge in [0, 0.05) is 51.5 Å². The quantitative estimate of drug-likeness (QED) is 0.906. The van der Waals surface area contributed by atoms with E-state index in [-0.39, 0.29) is 0 Å². The Balaban J connectivity index is 1.47. The van der Waals surface area contributed by atoms with E-state index in [2.05, 4.69) is 26.9 Å². The van der Waals surface area contributed by atoms with Gasteiger partial charge in [0.25, 0.3) is 0 Å². The van der Waals surface area contributed by atoms with Gasteiger partial charge in [-0.3, -0.25) is 14.8 Å². The summed E-state index contributed by atoms with van der Waals surface area (Å²) in [5, 5.41) is 0. The highest BCUT2D eigenvalue weighted by Gasteiger charge is 2.25. The molecule has 1 saturated heterocycles. The topological polar surface area (TPSA) is 45.4 Å². The highest BCUT2D eigenvalue weighted by molar-refractivity contribution is 5.13. The minimum atomic E-state index is 0.577. The molecule has 2 heterocycles. The van der Waals surface area contributed by atoms with Gasteiger partial charge in [0.1, 0.15) is 0 Å². The molecule has 0 unspecified atom stereocenters. The zero-order chi connectivity index (χ0) is 13.8. The van der Waals surface area contributed by atoms with Crippen molar-refractivity contribution < 1.29 is 0 Å². The number of pyridine rings is 1. The Morgan fingerprint density at radius 2 is 1.85 bits per heavy atom. The molecule has 0 amide bonds. The summed E-state index contributed by atoms with van der Waals surface area (Å²) in [6.45, 7) is 6.36. The largest absolute Gasteiger partial charge is 0.326 e. The van der Waals surface area contributed by atoms with Crippen LogP contribution in [0.1, 0.15) is 36.9 Å². The van der Waals surface area contributed by atoms with Gasteiger partial charge in [-0.2, -0.15) is 0 Å². The van der Waals surface area contributed by atoms with Gasteiger partial charge in [0.15, 0.2) is 0 Å². The summed E-state index contributed by atoms with van der Waals surface area (Å²) in [7, 11) is 0. The fourth-order valence-electron chi connectivity index (χ4n) is 3.45. The van der Waals surface area contributed by atoms with Crippen LogP contribution in [0.15, 0.2) is 18.3 Å². The first-order chi connectivity index (χ1) is 9.85. The molecular formula is C16H26N4. The highest BCUT2D eigenvalue weighted by Crippen LogP contribution is 2.24. The van der Waals surface area contributed by atoms with Crippen LogP contribution in [0.4, 0.5) is 0 Å². The number of nitrogens with two attached hydrogens (primary N) is 1. The molecule has 0 spiro atoms. The van der Waals surface area contributed by atoms with Crippen LogP contribution in [0.2, 0.25) is 0 Å². The predicted molar refractivity (Wildman–Crippen MR) is 81.2 cm³/mol. The van der Waals surface area contributed by atoms with Gasteiger partial charge >= 0.3 is 0 Å². The number of aromatic nitrogens is 1. The van der Waals surface area contributed by atoms with Crippen LogP contribution in [0.5, 0.6) is 0 Å². The molecule has 110 valence electrons. The van der Waals surface area contributed by atoms with Gasteiger partial charge in [0.05, 0.1) is 5.69 Å². The Bertz CT molecular complexity index is 403. The van der Waals surface area contributed by atoms with E-state index < -0.39 is 0 Å². The zero-order valence-corrected chi connectivity index (χ0v) is 12.3. The Hall–Kier alpha value is -0.970. The third-order valence-electron chi connectivity index (χ3n) is 4.76. The van der Waals surface area contributed by atoms with Crippen molar-refractivity contribution in [1.29, 1.82) is 0 Å². The molecule has 2 fully saturated rings. The van der Waals surface area contributed by atoms with E-state index in [0.717, 1.165) is 23.8 Å². The summed E-state index contributed by atoms with van der Waals surface area (Å²) < 4.78 is 0. The van der Waals surface area contributed by atoms with Crippen molar-refractivity contribution in [3.63, 3.8) is 0 Å². The van der Waals surface area contributed by atoms with Gasteiger partial charge in [-0.25, -0.2) is 0 Å². The van der Waals surface area contributed by atoms with Crippen molar-refractivity contribution >= 4 is 0 Å². The number of nitrogens with zero attached hydrogens (tertiary/aromatic N) is 3. The number of piperazine rings is 1. The lowest BCUT2D eigenvalue weighted by Gasteiger charge is -2.37. The molecule has 1 aliphatic heterocycles. The third kappa shape index (κ3) is 3.37. The standard InChI is InChI=1S/C16H26N4/c17-11-14-5-6-15(18-12-14)13-19-7-9-20(10-8-19)16-3-1-2-4-16/h5-6,12,16H,1-4,7-11,13,17H2. The molecule has 0 atom stereocenters. The minimum absolute atomic E-state index is 0.577. The molecule has 0 radical (unpaired) electrons. The molecule has 1 saturated carbocycles. The SMILES string of the molecule is NCc1ccc(CN2CCN(C3CCCC3)CC2)nc1. The van der Waals surface area contributed by atoms with E-state index in [9.17, 15) is 0 Å². The van der Waals surface area contributed by atoms with Crippen LogP contribution in [0, 0.1) is 0 Å². The first-order valence-electron chi connectivity index (χ1n) is 7.95. The Kier molecular flexibility index (Phi) is 4.65. The van der Waals surface area contributed by atoms with E-state index in [0.29, 0.717) is 6.54 Å². The van der Waals surface area contributed by atoms with Crippen molar-refractivity contribution in [2.45, 2.75) is 44.8 Å². The second kappa shape index (κ2) is 6.66. The fraction of sp³-hybridized carbons (Fsp3) is 0.688. The average molecular weight is 274 g/mol. The molecule has 4 nitrogen and oxygen atoms in total. The highest BCUT2D eigenvalue weighted by atomic mass is 15.3. The fourth-order valence-corrected chi connectivity index (χ4v) is 3.45. The van der Waals surface area contributed by atoms with Gasteiger partial charge < -0.3 is 5.73 Å². The Labute approximate surface area is 122 Å². The number of hydrogen-bond donors (Lipinski definition) is 1. The maximum absolute atomic E-state index is 5.60. The summed E-state index contributed by atoms with van der Waals surface area (Å²) in [6.07, 6.45) is 7.61. The van der Waals surface area contributed by atoms with E-state index in [1.54, 1.807) is 0 Å². The van der Waals surface area contributed by atoms with Crippen molar-refractivity contribution in [3.05, 3.63) is 29.6 Å². The molecule has 1 aromatic rings. The van der Waals surface area contributed by atoms with Crippen LogP contribution in [0.3, 0.4) is 0 Å². The summed E-state index contributed by atoms with van der Waals surface area (Å²) in [5.41, 5.74) is 7.88. The van der Waals surface area contributed by atoms with Crippen molar-refractivity contribution in [2.75, 3.05) is 26.2 Å². The molecule has 1 aliphatic carbocycles. The van der Waals surface area contributed by atoms with Gasteiger partial charge in [-0.1, -0.05) is 18.9 Å². The number of hydrogen-bond acceptors (Lipinski definition) is 4. The molecule has 0 bridgehead atoms. The normalized spacial score (nSPS) is 22.4. The van der Waals surface area contributed by atoms with Crippen molar-refractivity contribution in [1.82, 2.24) is 14.8 Å². The summed E-state index contributed by atoms with van der Waals surface area (Å²) in [5.74, 6) is 0. The third-order valence-corrected chi connectivity index (χ3v) is 4.76. The lowest BCUT2D eigenvalue weighted by Crippen LogP contribution is -2.49. The Morgan fingerprint density at radius 1 is 1.10 bits per heavy atom. The first kappa shape index (κ1) is 14.0. The number of rotatable bonds is 4. The first-order valence-corrected chi connectivity index (χ1v) is 7.95. The Morgan fingerprint density at radius 3 is 2.45 bits per heavy atom.